The summed E-state index contributed by atoms with van der Waals surface area (Å²) < 4.78 is 26.8. The Morgan fingerprint density at radius 3 is 2.48 bits per heavy atom. The van der Waals surface area contributed by atoms with Gasteiger partial charge >= 0.3 is 5.97 Å². The van der Waals surface area contributed by atoms with Crippen LogP contribution >= 0.6 is 0 Å². The molecule has 10 heteroatoms. The maximum Gasteiger partial charge on any atom is 0.326 e. The largest absolute Gasteiger partial charge is 0.480 e. The molecular formula is C17H25N3O6S. The Balaban J connectivity index is 2.39. The van der Waals surface area contributed by atoms with Crippen LogP contribution in [0.25, 0.3) is 0 Å². The van der Waals surface area contributed by atoms with E-state index in [2.05, 4.69) is 5.32 Å². The highest BCUT2D eigenvalue weighted by molar-refractivity contribution is 7.89. The highest BCUT2D eigenvalue weighted by Gasteiger charge is 2.30. The number of aliphatic carboxylic acids is 1. The molecule has 0 radical (unpaired) electrons. The number of hydrogen-bond acceptors (Lipinski definition) is 6. The summed E-state index contributed by atoms with van der Waals surface area (Å²) in [4.78, 5) is 22.1. The van der Waals surface area contributed by atoms with Crippen LogP contribution in [0.2, 0.25) is 0 Å². The van der Waals surface area contributed by atoms with E-state index < -0.39 is 32.6 Å². The van der Waals surface area contributed by atoms with Gasteiger partial charge in [-0.05, 0) is 30.9 Å². The average molecular weight is 399 g/mol. The second kappa shape index (κ2) is 8.66. The summed E-state index contributed by atoms with van der Waals surface area (Å²) in [5, 5.41) is 23.6. The van der Waals surface area contributed by atoms with Crippen LogP contribution in [0.5, 0.6) is 0 Å². The predicted molar refractivity (Wildman–Crippen MR) is 100 cm³/mol. The van der Waals surface area contributed by atoms with E-state index in [1.54, 1.807) is 6.92 Å². The predicted octanol–water partition coefficient (Wildman–Crippen LogP) is 2.68. The van der Waals surface area contributed by atoms with Crippen molar-refractivity contribution in [2.75, 3.05) is 18.4 Å². The minimum atomic E-state index is -3.82. The molecule has 0 bridgehead atoms. The monoisotopic (exact) mass is 399 g/mol. The molecular weight excluding hydrogens is 374 g/mol. The van der Waals surface area contributed by atoms with Crippen LogP contribution in [0, 0.1) is 16.0 Å². The number of nitro groups is 1. The lowest BCUT2D eigenvalue weighted by Gasteiger charge is -2.26. The number of sulfonamides is 1. The summed E-state index contributed by atoms with van der Waals surface area (Å²) in [7, 11) is -3.82. The number of nitrogens with zero attached hydrogens (tertiary/aromatic N) is 2. The van der Waals surface area contributed by atoms with E-state index >= 15 is 0 Å². The highest BCUT2D eigenvalue weighted by atomic mass is 32.2. The summed E-state index contributed by atoms with van der Waals surface area (Å²) in [6.45, 7) is 4.34. The lowest BCUT2D eigenvalue weighted by molar-refractivity contribution is -0.384. The molecule has 1 aliphatic rings. The van der Waals surface area contributed by atoms with Crippen LogP contribution in [0.15, 0.2) is 23.1 Å². The molecule has 1 aromatic rings. The van der Waals surface area contributed by atoms with Gasteiger partial charge in [-0.25, -0.2) is 13.2 Å². The van der Waals surface area contributed by atoms with Gasteiger partial charge in [-0.15, -0.1) is 0 Å². The molecule has 1 saturated heterocycles. The van der Waals surface area contributed by atoms with Crippen LogP contribution in [-0.4, -0.2) is 47.9 Å². The fraction of sp³-hybridized carbons (Fsp3) is 0.588. The van der Waals surface area contributed by atoms with Crippen molar-refractivity contribution < 1.29 is 23.2 Å². The Bertz CT molecular complexity index is 805. The van der Waals surface area contributed by atoms with E-state index in [1.807, 2.05) is 6.92 Å². The van der Waals surface area contributed by atoms with Crippen molar-refractivity contribution in [2.45, 2.75) is 50.5 Å². The Morgan fingerprint density at radius 2 is 1.96 bits per heavy atom. The molecule has 0 aromatic heterocycles. The molecule has 27 heavy (non-hydrogen) atoms. The molecule has 1 aromatic carbocycles. The average Bonchev–Trinajstić information content (AvgIpc) is 2.65. The number of nitrogens with one attached hydrogen (secondary N) is 1. The second-order valence-corrected chi connectivity index (χ2v) is 8.68. The van der Waals surface area contributed by atoms with Crippen molar-refractivity contribution in [2.24, 2.45) is 5.92 Å². The standard InChI is InChI=1S/C17H25N3O6S/c1-3-12(2)16(17(21)22)18-14-8-7-13(11-15(14)20(23)24)27(25,26)19-9-5-4-6-10-19/h7-8,11-12,16,18H,3-6,9-10H2,1-2H3,(H,21,22)/t12-,16-/m0/s1. The smallest absolute Gasteiger partial charge is 0.326 e. The van der Waals surface area contributed by atoms with E-state index in [1.165, 1.54) is 16.4 Å². The van der Waals surface area contributed by atoms with Crippen LogP contribution in [-0.2, 0) is 14.8 Å². The first-order valence-electron chi connectivity index (χ1n) is 8.96. The summed E-state index contributed by atoms with van der Waals surface area (Å²) >= 11 is 0. The molecule has 0 saturated carbocycles. The van der Waals surface area contributed by atoms with E-state index in [-0.39, 0.29) is 16.5 Å². The number of carboxylic acids is 1. The van der Waals surface area contributed by atoms with Crippen molar-refractivity contribution in [3.05, 3.63) is 28.3 Å². The maximum atomic E-state index is 12.7. The van der Waals surface area contributed by atoms with Crippen molar-refractivity contribution in [3.63, 3.8) is 0 Å². The summed E-state index contributed by atoms with van der Waals surface area (Å²) in [5.74, 6) is -1.39. The SMILES string of the molecule is CC[C@H](C)[C@H](Nc1ccc(S(=O)(=O)N2CCCCC2)cc1[N+](=O)[O-])C(=O)O. The van der Waals surface area contributed by atoms with Gasteiger partial charge in [-0.2, -0.15) is 4.31 Å². The summed E-state index contributed by atoms with van der Waals surface area (Å²) in [5.41, 5.74) is -0.465. The molecule has 0 aliphatic carbocycles. The third kappa shape index (κ3) is 4.75. The van der Waals surface area contributed by atoms with Crippen LogP contribution in [0.1, 0.15) is 39.5 Å². The third-order valence-corrected chi connectivity index (χ3v) is 6.80. The third-order valence-electron chi connectivity index (χ3n) is 4.91. The van der Waals surface area contributed by atoms with Gasteiger partial charge in [0.15, 0.2) is 0 Å². The van der Waals surface area contributed by atoms with Crippen LogP contribution in [0.4, 0.5) is 11.4 Å². The lowest BCUT2D eigenvalue weighted by atomic mass is 9.99. The number of nitro benzene ring substituents is 1. The van der Waals surface area contributed by atoms with Crippen molar-refractivity contribution >= 4 is 27.4 Å². The van der Waals surface area contributed by atoms with Gasteiger partial charge < -0.3 is 10.4 Å². The van der Waals surface area contributed by atoms with Gasteiger partial charge in [-0.1, -0.05) is 26.7 Å². The molecule has 150 valence electrons. The quantitative estimate of drug-likeness (QED) is 0.507. The van der Waals surface area contributed by atoms with Gasteiger partial charge in [0.05, 0.1) is 9.82 Å². The van der Waals surface area contributed by atoms with Crippen molar-refractivity contribution in [1.82, 2.24) is 4.31 Å². The first-order chi connectivity index (χ1) is 12.7. The number of rotatable bonds is 8. The summed E-state index contributed by atoms with van der Waals surface area (Å²) in [6, 6.07) is 2.54. The number of benzene rings is 1. The molecule has 2 atom stereocenters. The number of carbonyl (C=O) groups is 1. The van der Waals surface area contributed by atoms with E-state index in [9.17, 15) is 28.4 Å². The first-order valence-corrected chi connectivity index (χ1v) is 10.4. The second-order valence-electron chi connectivity index (χ2n) is 6.75. The molecule has 0 unspecified atom stereocenters. The molecule has 0 amide bonds. The van der Waals surface area contributed by atoms with Crippen molar-refractivity contribution in [3.8, 4) is 0 Å². The maximum absolute atomic E-state index is 12.7. The lowest BCUT2D eigenvalue weighted by Crippen LogP contribution is -2.36. The first kappa shape index (κ1) is 21.1. The van der Waals surface area contributed by atoms with E-state index in [0.29, 0.717) is 19.5 Å². The normalized spacial score (nSPS) is 17.9. The Labute approximate surface area is 158 Å². The van der Waals surface area contributed by atoms with Crippen LogP contribution in [0.3, 0.4) is 0 Å². The van der Waals surface area contributed by atoms with E-state index in [4.69, 9.17) is 0 Å². The molecule has 1 aliphatic heterocycles. The summed E-state index contributed by atoms with van der Waals surface area (Å²) in [6.07, 6.45) is 3.05. The van der Waals surface area contributed by atoms with Gasteiger partial charge in [0.2, 0.25) is 10.0 Å². The number of anilines is 1. The zero-order chi connectivity index (χ0) is 20.2. The zero-order valence-corrected chi connectivity index (χ0v) is 16.2. The van der Waals surface area contributed by atoms with Gasteiger partial charge in [0.25, 0.3) is 5.69 Å². The van der Waals surface area contributed by atoms with Crippen LogP contribution < -0.4 is 5.32 Å². The number of piperidine rings is 1. The molecule has 1 heterocycles. The molecule has 2 rings (SSSR count). The van der Waals surface area contributed by atoms with Gasteiger partial charge in [0.1, 0.15) is 11.7 Å². The van der Waals surface area contributed by atoms with Gasteiger partial charge in [0, 0.05) is 19.2 Å². The topological polar surface area (TPSA) is 130 Å². The molecule has 9 nitrogen and oxygen atoms in total. The fourth-order valence-electron chi connectivity index (χ4n) is 3.05. The minimum absolute atomic E-state index is 0.00899. The fourth-order valence-corrected chi connectivity index (χ4v) is 4.59. The van der Waals surface area contributed by atoms with Gasteiger partial charge in [-0.3, -0.25) is 10.1 Å². The molecule has 1 fully saturated rings. The molecule has 0 spiro atoms. The minimum Gasteiger partial charge on any atom is -0.480 e. The van der Waals surface area contributed by atoms with E-state index in [0.717, 1.165) is 25.3 Å². The van der Waals surface area contributed by atoms with Crippen molar-refractivity contribution in [1.29, 1.82) is 0 Å². The number of hydrogen-bond donors (Lipinski definition) is 2. The zero-order valence-electron chi connectivity index (χ0n) is 15.4. The Morgan fingerprint density at radius 1 is 1.33 bits per heavy atom. The Hall–Kier alpha value is -2.20. The highest BCUT2D eigenvalue weighted by Crippen LogP contribution is 2.31. The number of carboxylic acid groups (broad SMARTS) is 1. The Kier molecular flexibility index (Phi) is 6.77. The molecule has 2 N–H and O–H groups in total.